The lowest BCUT2D eigenvalue weighted by atomic mass is 9.98. The molecule has 1 saturated carbocycles. The van der Waals surface area contributed by atoms with E-state index in [1.165, 1.54) is 25.7 Å². The molecule has 0 bridgehead atoms. The lowest BCUT2D eigenvalue weighted by Gasteiger charge is -2.31. The first-order valence-electron chi connectivity index (χ1n) is 6.25. The Bertz CT molecular complexity index is 302. The van der Waals surface area contributed by atoms with E-state index in [4.69, 9.17) is 10.2 Å². The largest absolute Gasteiger partial charge is 0.468 e. The summed E-state index contributed by atoms with van der Waals surface area (Å²) in [5.74, 6) is 1.03. The van der Waals surface area contributed by atoms with Crippen LogP contribution in [0.1, 0.15) is 38.4 Å². The maximum absolute atomic E-state index is 6.39. The highest BCUT2D eigenvalue weighted by atomic mass is 16.3. The van der Waals surface area contributed by atoms with E-state index in [2.05, 4.69) is 11.8 Å². The van der Waals surface area contributed by atoms with Crippen LogP contribution < -0.4 is 5.73 Å². The molecule has 2 N–H and O–H groups in total. The maximum atomic E-state index is 6.39. The average Bonchev–Trinajstić information content (AvgIpc) is 2.89. The van der Waals surface area contributed by atoms with Crippen molar-refractivity contribution in [2.24, 2.45) is 5.73 Å². The van der Waals surface area contributed by atoms with Gasteiger partial charge < -0.3 is 10.2 Å². The van der Waals surface area contributed by atoms with Crippen molar-refractivity contribution in [1.29, 1.82) is 0 Å². The molecule has 3 nitrogen and oxygen atoms in total. The lowest BCUT2D eigenvalue weighted by molar-refractivity contribution is 0.197. The Morgan fingerprint density at radius 2 is 2.19 bits per heavy atom. The standard InChI is InChI=1S/C13H22N2O/c1-2-15(10-12-6-5-9-16-12)11-13(14)7-3-4-8-13/h5-6,9H,2-4,7-8,10-11,14H2,1H3. The molecule has 1 heterocycles. The van der Waals surface area contributed by atoms with Crippen LogP contribution in [0.15, 0.2) is 22.8 Å². The van der Waals surface area contributed by atoms with E-state index in [0.29, 0.717) is 0 Å². The molecule has 0 radical (unpaired) electrons. The highest BCUT2D eigenvalue weighted by Gasteiger charge is 2.31. The zero-order valence-corrected chi connectivity index (χ0v) is 10.1. The maximum Gasteiger partial charge on any atom is 0.117 e. The van der Waals surface area contributed by atoms with Gasteiger partial charge in [-0.15, -0.1) is 0 Å². The molecule has 90 valence electrons. The summed E-state index contributed by atoms with van der Waals surface area (Å²) < 4.78 is 5.38. The van der Waals surface area contributed by atoms with Crippen LogP contribution >= 0.6 is 0 Å². The van der Waals surface area contributed by atoms with Gasteiger partial charge in [-0.1, -0.05) is 19.8 Å². The quantitative estimate of drug-likeness (QED) is 0.831. The van der Waals surface area contributed by atoms with Crippen molar-refractivity contribution in [3.05, 3.63) is 24.2 Å². The van der Waals surface area contributed by atoms with Gasteiger partial charge in [-0.3, -0.25) is 4.90 Å². The Labute approximate surface area is 97.6 Å². The second kappa shape index (κ2) is 5.02. The first-order valence-corrected chi connectivity index (χ1v) is 6.25. The molecule has 0 amide bonds. The van der Waals surface area contributed by atoms with E-state index in [-0.39, 0.29) is 5.54 Å². The van der Waals surface area contributed by atoms with Gasteiger partial charge >= 0.3 is 0 Å². The van der Waals surface area contributed by atoms with Gasteiger partial charge in [-0.2, -0.15) is 0 Å². The third-order valence-electron chi connectivity index (χ3n) is 3.54. The van der Waals surface area contributed by atoms with E-state index >= 15 is 0 Å². The zero-order chi connectivity index (χ0) is 11.4. The number of nitrogens with two attached hydrogens (primary N) is 1. The predicted molar refractivity (Wildman–Crippen MR) is 65.0 cm³/mol. The number of hydrogen-bond acceptors (Lipinski definition) is 3. The lowest BCUT2D eigenvalue weighted by Crippen LogP contribution is -2.47. The molecule has 1 aromatic heterocycles. The Morgan fingerprint density at radius 1 is 1.44 bits per heavy atom. The third kappa shape index (κ3) is 2.86. The molecule has 0 aliphatic heterocycles. The molecule has 2 rings (SSSR count). The van der Waals surface area contributed by atoms with E-state index in [0.717, 1.165) is 25.4 Å². The number of hydrogen-bond donors (Lipinski definition) is 1. The van der Waals surface area contributed by atoms with Gasteiger partial charge in [0.15, 0.2) is 0 Å². The number of nitrogens with zero attached hydrogens (tertiary/aromatic N) is 1. The molecule has 1 aromatic rings. The van der Waals surface area contributed by atoms with Gasteiger partial charge in [0.25, 0.3) is 0 Å². The summed E-state index contributed by atoms with van der Waals surface area (Å²) in [5.41, 5.74) is 6.44. The van der Waals surface area contributed by atoms with E-state index in [1.807, 2.05) is 12.1 Å². The van der Waals surface area contributed by atoms with Crippen LogP contribution in [-0.2, 0) is 6.54 Å². The van der Waals surface area contributed by atoms with Gasteiger partial charge in [0.1, 0.15) is 5.76 Å². The molecule has 0 aromatic carbocycles. The molecule has 3 heteroatoms. The fourth-order valence-electron chi connectivity index (χ4n) is 2.59. The molecule has 0 unspecified atom stereocenters. The molecule has 16 heavy (non-hydrogen) atoms. The topological polar surface area (TPSA) is 42.4 Å². The minimum atomic E-state index is 0.0442. The van der Waals surface area contributed by atoms with Crippen molar-refractivity contribution < 1.29 is 4.42 Å². The second-order valence-corrected chi connectivity index (χ2v) is 4.95. The Morgan fingerprint density at radius 3 is 2.75 bits per heavy atom. The smallest absolute Gasteiger partial charge is 0.117 e. The fourth-order valence-corrected chi connectivity index (χ4v) is 2.59. The molecule has 0 atom stereocenters. The summed E-state index contributed by atoms with van der Waals surface area (Å²) in [6, 6.07) is 3.97. The van der Waals surface area contributed by atoms with Crippen molar-refractivity contribution >= 4 is 0 Å². The van der Waals surface area contributed by atoms with E-state index < -0.39 is 0 Å². The van der Waals surface area contributed by atoms with Gasteiger partial charge in [0, 0.05) is 12.1 Å². The first kappa shape index (κ1) is 11.7. The summed E-state index contributed by atoms with van der Waals surface area (Å²) in [7, 11) is 0. The number of likely N-dealkylation sites (N-methyl/N-ethyl adjacent to an activating group) is 1. The number of rotatable bonds is 5. The zero-order valence-electron chi connectivity index (χ0n) is 10.1. The van der Waals surface area contributed by atoms with Gasteiger partial charge in [0.2, 0.25) is 0 Å². The SMILES string of the molecule is CCN(Cc1ccco1)CC1(N)CCCC1. The summed E-state index contributed by atoms with van der Waals surface area (Å²) in [6.45, 7) is 5.08. The molecule has 1 aliphatic carbocycles. The molecule has 0 spiro atoms. The van der Waals surface area contributed by atoms with Crippen molar-refractivity contribution in [1.82, 2.24) is 4.90 Å². The van der Waals surface area contributed by atoms with Gasteiger partial charge in [0.05, 0.1) is 12.8 Å². The molecular weight excluding hydrogens is 200 g/mol. The van der Waals surface area contributed by atoms with Crippen LogP contribution in [-0.4, -0.2) is 23.5 Å². The Balaban J connectivity index is 1.90. The second-order valence-electron chi connectivity index (χ2n) is 4.95. The highest BCUT2D eigenvalue weighted by molar-refractivity contribution is 4.99. The molecular formula is C13H22N2O. The minimum absolute atomic E-state index is 0.0442. The van der Waals surface area contributed by atoms with Crippen LogP contribution in [0.25, 0.3) is 0 Å². The van der Waals surface area contributed by atoms with Crippen molar-refractivity contribution in [2.45, 2.75) is 44.7 Å². The van der Waals surface area contributed by atoms with Crippen molar-refractivity contribution in [3.8, 4) is 0 Å². The van der Waals surface area contributed by atoms with E-state index in [9.17, 15) is 0 Å². The van der Waals surface area contributed by atoms with Crippen molar-refractivity contribution in [3.63, 3.8) is 0 Å². The first-order chi connectivity index (χ1) is 7.72. The summed E-state index contributed by atoms with van der Waals surface area (Å²) in [6.07, 6.45) is 6.64. The summed E-state index contributed by atoms with van der Waals surface area (Å²) in [4.78, 5) is 2.38. The van der Waals surface area contributed by atoms with Crippen LogP contribution in [0.5, 0.6) is 0 Å². The molecule has 1 aliphatic rings. The van der Waals surface area contributed by atoms with Crippen LogP contribution in [0, 0.1) is 0 Å². The minimum Gasteiger partial charge on any atom is -0.468 e. The van der Waals surface area contributed by atoms with Crippen molar-refractivity contribution in [2.75, 3.05) is 13.1 Å². The molecule has 0 saturated heterocycles. The number of furan rings is 1. The monoisotopic (exact) mass is 222 g/mol. The van der Waals surface area contributed by atoms with Gasteiger partial charge in [-0.05, 0) is 31.5 Å². The summed E-state index contributed by atoms with van der Waals surface area (Å²) in [5, 5.41) is 0. The Hall–Kier alpha value is -0.800. The fraction of sp³-hybridized carbons (Fsp3) is 0.692. The Kier molecular flexibility index (Phi) is 3.66. The van der Waals surface area contributed by atoms with Crippen LogP contribution in [0.2, 0.25) is 0 Å². The normalized spacial score (nSPS) is 19.4. The third-order valence-corrected chi connectivity index (χ3v) is 3.54. The summed E-state index contributed by atoms with van der Waals surface area (Å²) >= 11 is 0. The van der Waals surface area contributed by atoms with E-state index in [1.54, 1.807) is 6.26 Å². The molecule has 1 fully saturated rings. The highest BCUT2D eigenvalue weighted by Crippen LogP contribution is 2.28. The van der Waals surface area contributed by atoms with Gasteiger partial charge in [-0.25, -0.2) is 0 Å². The average molecular weight is 222 g/mol. The predicted octanol–water partition coefficient (Wildman–Crippen LogP) is 2.37. The van der Waals surface area contributed by atoms with Crippen LogP contribution in [0.3, 0.4) is 0 Å². The van der Waals surface area contributed by atoms with Crippen LogP contribution in [0.4, 0.5) is 0 Å².